The number of benzene rings is 1. The van der Waals surface area contributed by atoms with Crippen LogP contribution in [0.4, 0.5) is 0 Å². The van der Waals surface area contributed by atoms with Gasteiger partial charge in [0.15, 0.2) is 11.5 Å². The van der Waals surface area contributed by atoms with E-state index >= 15 is 0 Å². The molecule has 0 bridgehead atoms. The lowest BCUT2D eigenvalue weighted by molar-refractivity contribution is 0.299. The van der Waals surface area contributed by atoms with Crippen molar-refractivity contribution in [3.63, 3.8) is 0 Å². The second kappa shape index (κ2) is 4.75. The molecule has 0 N–H and O–H groups in total. The van der Waals surface area contributed by atoms with Crippen LogP contribution in [0.5, 0.6) is 11.5 Å². The molecule has 2 heteroatoms. The maximum absolute atomic E-state index is 5.44. The zero-order valence-electron chi connectivity index (χ0n) is 8.17. The van der Waals surface area contributed by atoms with Crippen LogP contribution in [-0.2, 0) is 0 Å². The van der Waals surface area contributed by atoms with Crippen LogP contribution in [0.15, 0.2) is 18.2 Å². The Labute approximate surface area is 79.5 Å². The van der Waals surface area contributed by atoms with E-state index in [1.807, 2.05) is 25.1 Å². The van der Waals surface area contributed by atoms with Crippen LogP contribution < -0.4 is 9.47 Å². The second-order valence-corrected chi connectivity index (χ2v) is 2.86. The Balaban J connectivity index is 2.79. The highest BCUT2D eigenvalue weighted by Gasteiger charge is 2.02. The highest BCUT2D eigenvalue weighted by Crippen LogP contribution is 2.27. The Hall–Kier alpha value is -1.18. The van der Waals surface area contributed by atoms with Crippen LogP contribution in [0.25, 0.3) is 0 Å². The minimum Gasteiger partial charge on any atom is -0.493 e. The lowest BCUT2D eigenvalue weighted by Crippen LogP contribution is -1.97. The number of rotatable bonds is 4. The van der Waals surface area contributed by atoms with Gasteiger partial charge in [0, 0.05) is 0 Å². The van der Waals surface area contributed by atoms with Crippen LogP contribution in [0, 0.1) is 13.8 Å². The van der Waals surface area contributed by atoms with Gasteiger partial charge in [0.05, 0.1) is 13.7 Å². The summed E-state index contributed by atoms with van der Waals surface area (Å²) in [6.07, 6.45) is 0.761. The summed E-state index contributed by atoms with van der Waals surface area (Å²) in [7, 11) is 1.64. The number of aryl methyl sites for hydroxylation is 1. The summed E-state index contributed by atoms with van der Waals surface area (Å²) in [4.78, 5) is 0. The molecular weight excluding hydrogens is 164 g/mol. The van der Waals surface area contributed by atoms with Crippen LogP contribution >= 0.6 is 0 Å². The summed E-state index contributed by atoms with van der Waals surface area (Å²) in [5.41, 5.74) is 1.17. The molecule has 1 rings (SSSR count). The molecular formula is C11H15O2. The first-order valence-electron chi connectivity index (χ1n) is 4.34. The average Bonchev–Trinajstić information content (AvgIpc) is 2.16. The summed E-state index contributed by atoms with van der Waals surface area (Å²) in [6, 6.07) is 5.88. The van der Waals surface area contributed by atoms with Gasteiger partial charge >= 0.3 is 0 Å². The second-order valence-electron chi connectivity index (χ2n) is 2.86. The Morgan fingerprint density at radius 3 is 2.69 bits per heavy atom. The molecule has 1 radical (unpaired) electrons. The SMILES string of the molecule is [CH2]CCOc1ccc(C)cc1OC. The molecule has 71 valence electrons. The number of hydrogen-bond acceptors (Lipinski definition) is 2. The van der Waals surface area contributed by atoms with Gasteiger partial charge in [-0.1, -0.05) is 6.07 Å². The molecule has 0 atom stereocenters. The van der Waals surface area contributed by atoms with Gasteiger partial charge in [-0.15, -0.1) is 0 Å². The molecule has 0 heterocycles. The predicted molar refractivity (Wildman–Crippen MR) is 53.2 cm³/mol. The van der Waals surface area contributed by atoms with Crippen LogP contribution in [0.2, 0.25) is 0 Å². The van der Waals surface area contributed by atoms with Crippen molar-refractivity contribution in [1.82, 2.24) is 0 Å². The molecule has 0 spiro atoms. The highest BCUT2D eigenvalue weighted by atomic mass is 16.5. The quantitative estimate of drug-likeness (QED) is 0.707. The van der Waals surface area contributed by atoms with E-state index in [0.717, 1.165) is 17.9 Å². The van der Waals surface area contributed by atoms with E-state index in [0.29, 0.717) is 6.61 Å². The molecule has 0 fully saturated rings. The van der Waals surface area contributed by atoms with Gasteiger partial charge in [-0.2, -0.15) is 0 Å². The maximum Gasteiger partial charge on any atom is 0.161 e. The first-order chi connectivity index (χ1) is 6.27. The third-order valence-corrected chi connectivity index (χ3v) is 1.72. The van der Waals surface area contributed by atoms with E-state index in [4.69, 9.17) is 9.47 Å². The predicted octanol–water partition coefficient (Wildman–Crippen LogP) is 2.61. The van der Waals surface area contributed by atoms with E-state index in [1.165, 1.54) is 5.56 Å². The fourth-order valence-electron chi connectivity index (χ4n) is 1.08. The van der Waals surface area contributed by atoms with E-state index in [9.17, 15) is 0 Å². The van der Waals surface area contributed by atoms with Crippen molar-refractivity contribution in [2.45, 2.75) is 13.3 Å². The van der Waals surface area contributed by atoms with Gasteiger partial charge in [-0.3, -0.25) is 0 Å². The summed E-state index contributed by atoms with van der Waals surface area (Å²) in [6.45, 7) is 6.35. The van der Waals surface area contributed by atoms with Crippen LogP contribution in [0.1, 0.15) is 12.0 Å². The van der Waals surface area contributed by atoms with Crippen molar-refractivity contribution >= 4 is 0 Å². The van der Waals surface area contributed by atoms with Gasteiger partial charge in [-0.25, -0.2) is 0 Å². The topological polar surface area (TPSA) is 18.5 Å². The largest absolute Gasteiger partial charge is 0.493 e. The average molecular weight is 179 g/mol. The molecule has 0 amide bonds. The Morgan fingerprint density at radius 2 is 2.08 bits per heavy atom. The summed E-state index contributed by atoms with van der Waals surface area (Å²) >= 11 is 0. The molecule has 1 aromatic carbocycles. The first kappa shape index (κ1) is 9.90. The summed E-state index contributed by atoms with van der Waals surface area (Å²) < 4.78 is 10.6. The van der Waals surface area contributed by atoms with Crippen molar-refractivity contribution in [3.05, 3.63) is 30.7 Å². The van der Waals surface area contributed by atoms with Crippen molar-refractivity contribution in [2.24, 2.45) is 0 Å². The van der Waals surface area contributed by atoms with Gasteiger partial charge in [0.2, 0.25) is 0 Å². The monoisotopic (exact) mass is 179 g/mol. The van der Waals surface area contributed by atoms with E-state index in [1.54, 1.807) is 7.11 Å². The Kier molecular flexibility index (Phi) is 3.62. The highest BCUT2D eigenvalue weighted by molar-refractivity contribution is 5.42. The van der Waals surface area contributed by atoms with E-state index < -0.39 is 0 Å². The number of ether oxygens (including phenoxy) is 2. The van der Waals surface area contributed by atoms with Crippen molar-refractivity contribution in [2.75, 3.05) is 13.7 Å². The molecule has 0 aliphatic heterocycles. The molecule has 0 aromatic heterocycles. The minimum atomic E-state index is 0.624. The Morgan fingerprint density at radius 1 is 1.31 bits per heavy atom. The standard InChI is InChI=1S/C11H15O2/c1-4-7-13-10-6-5-9(2)8-11(10)12-3/h5-6,8H,1,4,7H2,2-3H3. The summed E-state index contributed by atoms with van der Waals surface area (Å²) in [5, 5.41) is 0. The lowest BCUT2D eigenvalue weighted by Gasteiger charge is -2.09. The van der Waals surface area contributed by atoms with E-state index in [-0.39, 0.29) is 0 Å². The molecule has 0 saturated heterocycles. The molecule has 0 aliphatic carbocycles. The Bertz CT molecular complexity index is 269. The lowest BCUT2D eigenvalue weighted by atomic mass is 10.2. The molecule has 1 aromatic rings. The molecule has 0 aliphatic rings. The summed E-state index contributed by atoms with van der Waals surface area (Å²) in [5.74, 6) is 1.57. The molecule has 13 heavy (non-hydrogen) atoms. The zero-order chi connectivity index (χ0) is 9.68. The van der Waals surface area contributed by atoms with Gasteiger partial charge in [-0.05, 0) is 38.0 Å². The third-order valence-electron chi connectivity index (χ3n) is 1.72. The smallest absolute Gasteiger partial charge is 0.161 e. The zero-order valence-corrected chi connectivity index (χ0v) is 8.17. The normalized spacial score (nSPS) is 9.77. The fourth-order valence-corrected chi connectivity index (χ4v) is 1.08. The van der Waals surface area contributed by atoms with Gasteiger partial charge in [0.25, 0.3) is 0 Å². The molecule has 2 nitrogen and oxygen atoms in total. The van der Waals surface area contributed by atoms with E-state index in [2.05, 4.69) is 6.92 Å². The fraction of sp³-hybridized carbons (Fsp3) is 0.364. The van der Waals surface area contributed by atoms with Crippen LogP contribution in [0.3, 0.4) is 0 Å². The van der Waals surface area contributed by atoms with Crippen molar-refractivity contribution < 1.29 is 9.47 Å². The minimum absolute atomic E-state index is 0.624. The van der Waals surface area contributed by atoms with Crippen molar-refractivity contribution in [1.29, 1.82) is 0 Å². The number of hydrogen-bond donors (Lipinski definition) is 0. The van der Waals surface area contributed by atoms with Crippen LogP contribution in [-0.4, -0.2) is 13.7 Å². The van der Waals surface area contributed by atoms with Gasteiger partial charge in [0.1, 0.15) is 0 Å². The molecule has 0 saturated carbocycles. The molecule has 0 unspecified atom stereocenters. The third kappa shape index (κ3) is 2.65. The maximum atomic E-state index is 5.44. The van der Waals surface area contributed by atoms with Gasteiger partial charge < -0.3 is 9.47 Å². The first-order valence-corrected chi connectivity index (χ1v) is 4.34. The van der Waals surface area contributed by atoms with Crippen molar-refractivity contribution in [3.8, 4) is 11.5 Å². The number of methoxy groups -OCH3 is 1.